The third-order valence-corrected chi connectivity index (χ3v) is 3.75. The van der Waals surface area contributed by atoms with Gasteiger partial charge in [0.05, 0.1) is 22.9 Å². The predicted octanol–water partition coefficient (Wildman–Crippen LogP) is 1.95. The summed E-state index contributed by atoms with van der Waals surface area (Å²) in [6, 6.07) is 20.2. The van der Waals surface area contributed by atoms with Crippen LogP contribution < -0.4 is 17.0 Å². The lowest BCUT2D eigenvalue weighted by atomic mass is 9.97. The average Bonchev–Trinajstić information content (AvgIpc) is 2.53. The number of halogens is 1. The second-order valence-corrected chi connectivity index (χ2v) is 5.20. The van der Waals surface area contributed by atoms with E-state index in [9.17, 15) is 10.2 Å². The van der Waals surface area contributed by atoms with Gasteiger partial charge in [-0.2, -0.15) is 0 Å². The molecule has 0 saturated carbocycles. The number of rotatable bonds is 1. The summed E-state index contributed by atoms with van der Waals surface area (Å²) in [6.45, 7) is 0. The third-order valence-electron chi connectivity index (χ3n) is 3.75. The highest BCUT2D eigenvalue weighted by molar-refractivity contribution is 6.08. The van der Waals surface area contributed by atoms with E-state index in [0.29, 0.717) is 11.2 Å². The molecule has 0 amide bonds. The Balaban J connectivity index is 0.00000156. The van der Waals surface area contributed by atoms with Gasteiger partial charge in [-0.15, -0.1) is 0 Å². The lowest BCUT2D eigenvalue weighted by Gasteiger charge is -2.05. The normalized spacial score (nSPS) is 10.6. The zero-order valence-electron chi connectivity index (χ0n) is 12.0. The van der Waals surface area contributed by atoms with E-state index in [4.69, 9.17) is 4.42 Å². The zero-order valence-corrected chi connectivity index (χ0v) is 13.6. The fourth-order valence-corrected chi connectivity index (χ4v) is 2.78. The van der Waals surface area contributed by atoms with Gasteiger partial charge in [-0.3, -0.25) is 0 Å². The highest BCUT2D eigenvalue weighted by atomic mass is 79.9. The maximum absolute atomic E-state index is 9.71. The van der Waals surface area contributed by atoms with E-state index in [0.717, 1.165) is 21.9 Å². The summed E-state index contributed by atoms with van der Waals surface area (Å²) < 4.78 is 5.85. The summed E-state index contributed by atoms with van der Waals surface area (Å²) in [4.78, 5) is 0. The average molecular weight is 369 g/mol. The number of fused-ring (bicyclic) bond motifs is 2. The monoisotopic (exact) mass is 368 g/mol. The van der Waals surface area contributed by atoms with Crippen LogP contribution in [0, 0.1) is 0 Å². The topological polar surface area (TPSA) is 51.8 Å². The smallest absolute Gasteiger partial charge is 0.365 e. The number of phenolic OH excluding ortho intramolecular Hbond substituents is 2. The molecule has 0 unspecified atom stereocenters. The Hall–Kier alpha value is -2.59. The first-order chi connectivity index (χ1) is 10.7. The second-order valence-electron chi connectivity index (χ2n) is 5.20. The Labute approximate surface area is 143 Å². The van der Waals surface area contributed by atoms with Gasteiger partial charge >= 0.3 is 11.2 Å². The van der Waals surface area contributed by atoms with Crippen molar-refractivity contribution in [3.63, 3.8) is 0 Å². The van der Waals surface area contributed by atoms with Crippen molar-refractivity contribution >= 4 is 21.9 Å². The highest BCUT2D eigenvalue weighted by Gasteiger charge is 2.20. The summed E-state index contributed by atoms with van der Waals surface area (Å²) in [5.74, 6) is 0.296. The molecule has 0 atom stereocenters. The van der Waals surface area contributed by atoms with E-state index >= 15 is 0 Å². The third kappa shape index (κ3) is 2.62. The molecule has 3 nitrogen and oxygen atoms in total. The van der Waals surface area contributed by atoms with Crippen molar-refractivity contribution in [1.82, 2.24) is 0 Å². The van der Waals surface area contributed by atoms with Crippen LogP contribution in [0.5, 0.6) is 11.5 Å². The Bertz CT molecular complexity index is 937. The fourth-order valence-electron chi connectivity index (χ4n) is 2.78. The molecule has 23 heavy (non-hydrogen) atoms. The molecule has 0 bridgehead atoms. The molecule has 0 radical (unpaired) electrons. The fraction of sp³-hybridized carbons (Fsp3) is 0. The first-order valence-corrected chi connectivity index (χ1v) is 6.99. The molecule has 4 rings (SSSR count). The van der Waals surface area contributed by atoms with Crippen molar-refractivity contribution in [2.75, 3.05) is 0 Å². The van der Waals surface area contributed by atoms with Gasteiger partial charge < -0.3 is 27.2 Å². The van der Waals surface area contributed by atoms with Crippen LogP contribution in [-0.4, -0.2) is 10.2 Å². The van der Waals surface area contributed by atoms with Crippen LogP contribution in [0.15, 0.2) is 71.1 Å². The van der Waals surface area contributed by atoms with Gasteiger partial charge in [0.1, 0.15) is 11.5 Å². The van der Waals surface area contributed by atoms with Crippen LogP contribution in [0.1, 0.15) is 0 Å². The number of hydrogen-bond acceptors (Lipinski definition) is 2. The van der Waals surface area contributed by atoms with E-state index in [1.165, 1.54) is 0 Å². The molecule has 2 N–H and O–H groups in total. The molecule has 4 aromatic rings. The molecule has 4 heteroatoms. The molecule has 0 aliphatic rings. The van der Waals surface area contributed by atoms with Crippen molar-refractivity contribution < 1.29 is 31.6 Å². The molecule has 0 aliphatic heterocycles. The van der Waals surface area contributed by atoms with Gasteiger partial charge in [-0.1, -0.05) is 30.3 Å². The van der Waals surface area contributed by atoms with Crippen molar-refractivity contribution in [3.05, 3.63) is 66.7 Å². The van der Waals surface area contributed by atoms with Gasteiger partial charge in [-0.25, -0.2) is 4.42 Å². The van der Waals surface area contributed by atoms with Crippen molar-refractivity contribution in [3.8, 4) is 22.6 Å². The SMILES string of the molecule is Oc1ccc2c(-c3ccccc3)c3ccc(O)cc3[o+]c2c1.[Br-]. The molecule has 1 aromatic heterocycles. The highest BCUT2D eigenvalue weighted by Crippen LogP contribution is 2.38. The van der Waals surface area contributed by atoms with E-state index in [1.54, 1.807) is 24.3 Å². The van der Waals surface area contributed by atoms with Crippen LogP contribution in [0.4, 0.5) is 0 Å². The molecule has 114 valence electrons. The molecule has 0 aliphatic carbocycles. The van der Waals surface area contributed by atoms with Gasteiger partial charge in [0.25, 0.3) is 0 Å². The van der Waals surface area contributed by atoms with Crippen molar-refractivity contribution in [1.29, 1.82) is 0 Å². The molecule has 0 fully saturated rings. The summed E-state index contributed by atoms with van der Waals surface area (Å²) in [5, 5.41) is 21.3. The molecular formula is C19H13BrO3. The minimum atomic E-state index is 0. The van der Waals surface area contributed by atoms with Crippen LogP contribution in [0.3, 0.4) is 0 Å². The lowest BCUT2D eigenvalue weighted by molar-refractivity contribution is -0.00000687. The summed E-state index contributed by atoms with van der Waals surface area (Å²) in [5.41, 5.74) is 3.25. The number of benzene rings is 3. The van der Waals surface area contributed by atoms with Gasteiger partial charge in [-0.05, 0) is 29.8 Å². The van der Waals surface area contributed by atoms with E-state index in [2.05, 4.69) is 0 Å². The van der Waals surface area contributed by atoms with Crippen LogP contribution in [0.25, 0.3) is 33.1 Å². The van der Waals surface area contributed by atoms with E-state index in [-0.39, 0.29) is 28.5 Å². The van der Waals surface area contributed by atoms with Crippen molar-refractivity contribution in [2.24, 2.45) is 0 Å². The zero-order chi connectivity index (χ0) is 15.1. The van der Waals surface area contributed by atoms with E-state index < -0.39 is 0 Å². The van der Waals surface area contributed by atoms with E-state index in [1.807, 2.05) is 42.5 Å². The van der Waals surface area contributed by atoms with Gasteiger partial charge in [0.2, 0.25) is 0 Å². The summed E-state index contributed by atoms with van der Waals surface area (Å²) in [7, 11) is 0. The first-order valence-electron chi connectivity index (χ1n) is 6.99. The van der Waals surface area contributed by atoms with Crippen molar-refractivity contribution in [2.45, 2.75) is 0 Å². The summed E-state index contributed by atoms with van der Waals surface area (Å²) >= 11 is 0. The minimum absolute atomic E-state index is 0. The van der Waals surface area contributed by atoms with Gasteiger partial charge in [0.15, 0.2) is 0 Å². The standard InChI is InChI=1S/C19H12O3.BrH/c20-13-6-8-15-17(10-13)22-18-11-14(21)7-9-16(18)19(15)12-4-2-1-3-5-12;/h1-11H,(H-,20,21);1H. The Morgan fingerprint density at radius 2 is 1.17 bits per heavy atom. The Kier molecular flexibility index (Phi) is 3.92. The quantitative estimate of drug-likeness (QED) is 0.398. The maximum Gasteiger partial charge on any atom is 0.365 e. The molecule has 0 spiro atoms. The molecule has 1 heterocycles. The summed E-state index contributed by atoms with van der Waals surface area (Å²) in [6.07, 6.45) is 0. The largest absolute Gasteiger partial charge is 1.00 e. The minimum Gasteiger partial charge on any atom is -1.00 e. The predicted molar refractivity (Wildman–Crippen MR) is 86.9 cm³/mol. The maximum atomic E-state index is 9.71. The molecule has 3 aromatic carbocycles. The van der Waals surface area contributed by atoms with Crippen LogP contribution >= 0.6 is 0 Å². The number of hydrogen-bond donors (Lipinski definition) is 2. The lowest BCUT2D eigenvalue weighted by Crippen LogP contribution is -3.00. The van der Waals surface area contributed by atoms with Gasteiger partial charge in [0, 0.05) is 5.56 Å². The second kappa shape index (κ2) is 5.89. The number of phenols is 2. The Morgan fingerprint density at radius 3 is 1.70 bits per heavy atom. The Morgan fingerprint density at radius 1 is 0.652 bits per heavy atom. The number of aromatic hydroxyl groups is 2. The van der Waals surface area contributed by atoms with Crippen LogP contribution in [-0.2, 0) is 0 Å². The van der Waals surface area contributed by atoms with Crippen LogP contribution in [0.2, 0.25) is 0 Å². The first kappa shape index (κ1) is 15.3. The molecule has 0 saturated heterocycles. The molecular weight excluding hydrogens is 356 g/mol.